The molecule has 4 rings (SSSR count). The van der Waals surface area contributed by atoms with E-state index in [1.807, 2.05) is 0 Å². The molecule has 1 aromatic carbocycles. The third-order valence-electron chi connectivity index (χ3n) is 4.80. The van der Waals surface area contributed by atoms with Crippen LogP contribution in [0, 0.1) is 19.7 Å². The molecule has 32 heavy (non-hydrogen) atoms. The van der Waals surface area contributed by atoms with Gasteiger partial charge in [0.2, 0.25) is 11.9 Å². The number of nitrogens with one attached hydrogen (secondary N) is 2. The van der Waals surface area contributed by atoms with Crippen molar-refractivity contribution in [3.8, 4) is 5.69 Å². The SMILES string of the molecule is Cc1cc(-n2nc(Nc3cccc(C(F)(F)F)c3F)nc2CC(=O)NC2CC2)cc(C)n1. The van der Waals surface area contributed by atoms with Crippen LogP contribution in [-0.2, 0) is 17.4 Å². The fraction of sp³-hybridized carbons (Fsp3) is 0.333. The highest BCUT2D eigenvalue weighted by molar-refractivity contribution is 5.78. The van der Waals surface area contributed by atoms with E-state index < -0.39 is 23.2 Å². The fourth-order valence-electron chi connectivity index (χ4n) is 3.27. The van der Waals surface area contributed by atoms with Gasteiger partial charge in [-0.05, 0) is 51.0 Å². The van der Waals surface area contributed by atoms with Gasteiger partial charge >= 0.3 is 6.18 Å². The molecule has 2 N–H and O–H groups in total. The van der Waals surface area contributed by atoms with Crippen LogP contribution in [0.1, 0.15) is 35.6 Å². The van der Waals surface area contributed by atoms with Gasteiger partial charge < -0.3 is 10.6 Å². The predicted octanol–water partition coefficient (Wildman–Crippen LogP) is 4.00. The number of anilines is 2. The molecule has 3 aromatic rings. The van der Waals surface area contributed by atoms with Gasteiger partial charge in [0.25, 0.3) is 0 Å². The molecule has 168 valence electrons. The number of carbonyl (C=O) groups is 1. The highest BCUT2D eigenvalue weighted by atomic mass is 19.4. The molecule has 1 saturated carbocycles. The van der Waals surface area contributed by atoms with Crippen LogP contribution in [-0.4, -0.2) is 31.7 Å². The number of amides is 1. The van der Waals surface area contributed by atoms with E-state index >= 15 is 0 Å². The molecule has 1 aliphatic carbocycles. The average Bonchev–Trinajstić information content (AvgIpc) is 3.40. The van der Waals surface area contributed by atoms with Gasteiger partial charge in [-0.1, -0.05) is 6.07 Å². The van der Waals surface area contributed by atoms with Crippen molar-refractivity contribution in [1.82, 2.24) is 25.1 Å². The molecular formula is C21H20F4N6O. The van der Waals surface area contributed by atoms with Crippen LogP contribution in [0.15, 0.2) is 30.3 Å². The molecule has 0 bridgehead atoms. The topological polar surface area (TPSA) is 84.7 Å². The molecule has 2 aromatic heterocycles. The normalized spacial score (nSPS) is 13.8. The monoisotopic (exact) mass is 448 g/mol. The number of nitrogens with zero attached hydrogens (tertiary/aromatic N) is 4. The number of pyridine rings is 1. The molecule has 0 spiro atoms. The van der Waals surface area contributed by atoms with Gasteiger partial charge in [0.15, 0.2) is 5.82 Å². The smallest absolute Gasteiger partial charge is 0.353 e. The second-order valence-electron chi connectivity index (χ2n) is 7.68. The zero-order valence-corrected chi connectivity index (χ0v) is 17.3. The number of benzene rings is 1. The van der Waals surface area contributed by atoms with Gasteiger partial charge in [-0.2, -0.15) is 18.2 Å². The van der Waals surface area contributed by atoms with E-state index in [1.165, 1.54) is 4.68 Å². The summed E-state index contributed by atoms with van der Waals surface area (Å²) in [5.41, 5.74) is 0.179. The van der Waals surface area contributed by atoms with Crippen LogP contribution in [0.4, 0.5) is 29.2 Å². The second-order valence-corrected chi connectivity index (χ2v) is 7.68. The summed E-state index contributed by atoms with van der Waals surface area (Å²) in [6.07, 6.45) is -3.10. The lowest BCUT2D eigenvalue weighted by atomic mass is 10.2. The average molecular weight is 448 g/mol. The number of carbonyl (C=O) groups excluding carboxylic acids is 1. The zero-order chi connectivity index (χ0) is 23.0. The van der Waals surface area contributed by atoms with E-state index in [1.54, 1.807) is 26.0 Å². The maximum absolute atomic E-state index is 14.4. The number of alkyl halides is 3. The van der Waals surface area contributed by atoms with Gasteiger partial charge in [0, 0.05) is 17.4 Å². The summed E-state index contributed by atoms with van der Waals surface area (Å²) in [5.74, 6) is -1.59. The van der Waals surface area contributed by atoms with Gasteiger partial charge in [-0.25, -0.2) is 9.07 Å². The highest BCUT2D eigenvalue weighted by Gasteiger charge is 2.35. The molecule has 0 unspecified atom stereocenters. The van der Waals surface area contributed by atoms with E-state index in [9.17, 15) is 22.4 Å². The minimum Gasteiger partial charge on any atom is -0.353 e. The van der Waals surface area contributed by atoms with Gasteiger partial charge in [0.05, 0.1) is 23.4 Å². The lowest BCUT2D eigenvalue weighted by Crippen LogP contribution is -2.28. The van der Waals surface area contributed by atoms with Crippen molar-refractivity contribution in [2.45, 2.75) is 45.3 Å². The largest absolute Gasteiger partial charge is 0.419 e. The Balaban J connectivity index is 1.69. The number of hydrogen-bond acceptors (Lipinski definition) is 5. The molecule has 2 heterocycles. The number of halogens is 4. The Hall–Kier alpha value is -3.50. The summed E-state index contributed by atoms with van der Waals surface area (Å²) < 4.78 is 54.9. The van der Waals surface area contributed by atoms with E-state index in [0.29, 0.717) is 23.1 Å². The predicted molar refractivity (Wildman–Crippen MR) is 108 cm³/mol. The van der Waals surface area contributed by atoms with Crippen LogP contribution in [0.5, 0.6) is 0 Å². The lowest BCUT2D eigenvalue weighted by Gasteiger charge is -2.11. The van der Waals surface area contributed by atoms with Crippen molar-refractivity contribution >= 4 is 17.5 Å². The van der Waals surface area contributed by atoms with Crippen molar-refractivity contribution < 1.29 is 22.4 Å². The molecule has 1 aliphatic rings. The molecule has 7 nitrogen and oxygen atoms in total. The van der Waals surface area contributed by atoms with Crippen molar-refractivity contribution in [2.75, 3.05) is 5.32 Å². The molecule has 1 amide bonds. The van der Waals surface area contributed by atoms with Crippen LogP contribution in [0.2, 0.25) is 0 Å². The van der Waals surface area contributed by atoms with Crippen molar-refractivity contribution in [3.63, 3.8) is 0 Å². The lowest BCUT2D eigenvalue weighted by molar-refractivity contribution is -0.139. The minimum absolute atomic E-state index is 0.101. The maximum Gasteiger partial charge on any atom is 0.419 e. The summed E-state index contributed by atoms with van der Waals surface area (Å²) in [6, 6.07) is 6.53. The minimum atomic E-state index is -4.84. The van der Waals surface area contributed by atoms with E-state index in [0.717, 1.165) is 25.0 Å². The molecule has 11 heteroatoms. The van der Waals surface area contributed by atoms with Gasteiger partial charge in [-0.3, -0.25) is 9.78 Å². The zero-order valence-electron chi connectivity index (χ0n) is 17.3. The number of hydrogen-bond donors (Lipinski definition) is 2. The molecule has 1 fully saturated rings. The second kappa shape index (κ2) is 8.21. The molecule has 0 saturated heterocycles. The summed E-state index contributed by atoms with van der Waals surface area (Å²) in [7, 11) is 0. The molecular weight excluding hydrogens is 428 g/mol. The third-order valence-corrected chi connectivity index (χ3v) is 4.80. The first-order chi connectivity index (χ1) is 15.1. The highest BCUT2D eigenvalue weighted by Crippen LogP contribution is 2.34. The quantitative estimate of drug-likeness (QED) is 0.557. The van der Waals surface area contributed by atoms with Crippen LogP contribution in [0.25, 0.3) is 5.69 Å². The summed E-state index contributed by atoms with van der Waals surface area (Å²) in [5, 5.41) is 9.64. The fourth-order valence-corrected chi connectivity index (χ4v) is 3.27. The third kappa shape index (κ3) is 4.87. The number of aromatic nitrogens is 4. The molecule has 0 radical (unpaired) electrons. The first kappa shape index (κ1) is 21.7. The van der Waals surface area contributed by atoms with Crippen LogP contribution in [0.3, 0.4) is 0 Å². The Kier molecular flexibility index (Phi) is 5.57. The Morgan fingerprint density at radius 2 is 1.84 bits per heavy atom. The number of aryl methyl sites for hydroxylation is 2. The van der Waals surface area contributed by atoms with E-state index in [4.69, 9.17) is 0 Å². The molecule has 0 aliphatic heterocycles. The van der Waals surface area contributed by atoms with E-state index in [-0.39, 0.29) is 30.1 Å². The Morgan fingerprint density at radius 1 is 1.16 bits per heavy atom. The maximum atomic E-state index is 14.4. The van der Waals surface area contributed by atoms with Crippen LogP contribution < -0.4 is 10.6 Å². The van der Waals surface area contributed by atoms with Gasteiger partial charge in [0.1, 0.15) is 5.82 Å². The van der Waals surface area contributed by atoms with Crippen molar-refractivity contribution in [3.05, 3.63) is 58.9 Å². The first-order valence-electron chi connectivity index (χ1n) is 9.94. The Labute approximate surface area is 180 Å². The Bertz CT molecular complexity index is 1150. The van der Waals surface area contributed by atoms with Crippen LogP contribution >= 0.6 is 0 Å². The Morgan fingerprint density at radius 3 is 2.47 bits per heavy atom. The van der Waals surface area contributed by atoms with E-state index in [2.05, 4.69) is 25.7 Å². The van der Waals surface area contributed by atoms with Crippen molar-refractivity contribution in [1.29, 1.82) is 0 Å². The summed E-state index contributed by atoms with van der Waals surface area (Å²) in [6.45, 7) is 3.59. The molecule has 0 atom stereocenters. The van der Waals surface area contributed by atoms with Gasteiger partial charge in [-0.15, -0.1) is 5.10 Å². The number of rotatable bonds is 6. The summed E-state index contributed by atoms with van der Waals surface area (Å²) in [4.78, 5) is 20.9. The standard InChI is InChI=1S/C21H20F4N6O/c1-11-8-14(9-12(2)26-11)31-17(10-18(32)27-13-6-7-13)29-20(30-31)28-16-5-3-4-15(19(16)22)21(23,24)25/h3-5,8-9,13H,6-7,10H2,1-2H3,(H,27,32)(H,28,30). The van der Waals surface area contributed by atoms with Crippen molar-refractivity contribution in [2.24, 2.45) is 0 Å². The first-order valence-corrected chi connectivity index (χ1v) is 9.94. The summed E-state index contributed by atoms with van der Waals surface area (Å²) >= 11 is 0.